The van der Waals surface area contributed by atoms with Gasteiger partial charge < -0.3 is 15.4 Å². The number of aromatic nitrogens is 1. The fourth-order valence-corrected chi connectivity index (χ4v) is 3.56. The highest BCUT2D eigenvalue weighted by molar-refractivity contribution is 14.0. The van der Waals surface area contributed by atoms with Gasteiger partial charge in [0.25, 0.3) is 0 Å². The minimum atomic E-state index is -4.68. The first-order chi connectivity index (χ1) is 14.1. The molecular weight excluding hydrogens is 551 g/mol. The number of hydrogen-bond acceptors (Lipinski definition) is 5. The standard InChI is InChI=1S/C19H22F4N4O2S.HI/c1-5-29-17(28)15-10(2)26-16(30-15)11(3)27-18(24-4)25-9-12-6-7-13(20)8-14(12)19(21,22)23;/h6-8,11H,5,9H2,1-4H3,(H2,24,25,27);1H. The number of esters is 1. The van der Waals surface area contributed by atoms with Crippen molar-refractivity contribution in [2.45, 2.75) is 39.5 Å². The van der Waals surface area contributed by atoms with Crippen LogP contribution in [0.2, 0.25) is 0 Å². The summed E-state index contributed by atoms with van der Waals surface area (Å²) in [6.45, 7) is 5.21. The van der Waals surface area contributed by atoms with Crippen LogP contribution < -0.4 is 10.6 Å². The molecule has 6 nitrogen and oxygen atoms in total. The molecule has 0 spiro atoms. The van der Waals surface area contributed by atoms with Crippen molar-refractivity contribution in [3.05, 3.63) is 50.7 Å². The number of nitrogens with one attached hydrogen (secondary N) is 2. The molecule has 0 radical (unpaired) electrons. The smallest absolute Gasteiger partial charge is 0.416 e. The third kappa shape index (κ3) is 7.30. The van der Waals surface area contributed by atoms with Crippen LogP contribution in [0.25, 0.3) is 0 Å². The number of carbonyl (C=O) groups is 1. The Kier molecular flexibility index (Phi) is 10.1. The van der Waals surface area contributed by atoms with Gasteiger partial charge in [0, 0.05) is 13.6 Å². The van der Waals surface area contributed by atoms with Crippen LogP contribution in [-0.4, -0.2) is 30.6 Å². The minimum Gasteiger partial charge on any atom is -0.462 e. The summed E-state index contributed by atoms with van der Waals surface area (Å²) in [6, 6.07) is 2.14. The van der Waals surface area contributed by atoms with E-state index in [0.717, 1.165) is 12.1 Å². The topological polar surface area (TPSA) is 75.6 Å². The zero-order chi connectivity index (χ0) is 22.5. The summed E-state index contributed by atoms with van der Waals surface area (Å²) in [4.78, 5) is 20.7. The molecule has 0 saturated heterocycles. The Hall–Kier alpha value is -1.96. The van der Waals surface area contributed by atoms with E-state index in [9.17, 15) is 22.4 Å². The Morgan fingerprint density at radius 2 is 2.03 bits per heavy atom. The van der Waals surface area contributed by atoms with Gasteiger partial charge >= 0.3 is 12.1 Å². The Morgan fingerprint density at radius 1 is 1.35 bits per heavy atom. The van der Waals surface area contributed by atoms with Crippen molar-refractivity contribution >= 4 is 47.2 Å². The van der Waals surface area contributed by atoms with E-state index < -0.39 is 23.5 Å². The molecule has 0 amide bonds. The number of thiazole rings is 1. The molecule has 0 aliphatic carbocycles. The molecule has 0 aliphatic heterocycles. The number of carbonyl (C=O) groups excluding carboxylic acids is 1. The Bertz CT molecular complexity index is 934. The maximum absolute atomic E-state index is 13.2. The van der Waals surface area contributed by atoms with E-state index >= 15 is 0 Å². The molecule has 1 heterocycles. The second-order valence-corrected chi connectivity index (χ2v) is 7.31. The van der Waals surface area contributed by atoms with Crippen molar-refractivity contribution in [3.8, 4) is 0 Å². The molecule has 31 heavy (non-hydrogen) atoms. The highest BCUT2D eigenvalue weighted by atomic mass is 127. The molecule has 172 valence electrons. The first-order valence-electron chi connectivity index (χ1n) is 9.04. The summed E-state index contributed by atoms with van der Waals surface area (Å²) < 4.78 is 57.7. The first kappa shape index (κ1) is 27.1. The second-order valence-electron chi connectivity index (χ2n) is 6.28. The first-order valence-corrected chi connectivity index (χ1v) is 9.85. The quantitative estimate of drug-likeness (QED) is 0.170. The molecule has 0 bridgehead atoms. The molecule has 2 rings (SSSR count). The van der Waals surface area contributed by atoms with Crippen molar-refractivity contribution < 1.29 is 27.1 Å². The number of aryl methyl sites for hydroxylation is 1. The number of guanidine groups is 1. The third-order valence-electron chi connectivity index (χ3n) is 4.04. The van der Waals surface area contributed by atoms with Crippen molar-refractivity contribution in [1.82, 2.24) is 15.6 Å². The van der Waals surface area contributed by atoms with Gasteiger partial charge in [-0.15, -0.1) is 35.3 Å². The normalized spacial score (nSPS) is 12.7. The lowest BCUT2D eigenvalue weighted by atomic mass is 10.1. The van der Waals surface area contributed by atoms with Crippen LogP contribution in [0.3, 0.4) is 0 Å². The molecule has 2 N–H and O–H groups in total. The summed E-state index contributed by atoms with van der Waals surface area (Å²) in [5.41, 5.74) is -0.631. The summed E-state index contributed by atoms with van der Waals surface area (Å²) in [7, 11) is 1.47. The maximum atomic E-state index is 13.2. The van der Waals surface area contributed by atoms with Crippen LogP contribution in [0.15, 0.2) is 23.2 Å². The SMILES string of the molecule is CCOC(=O)c1sc(C(C)NC(=NC)NCc2ccc(F)cc2C(F)(F)F)nc1C.I. The van der Waals surface area contributed by atoms with Crippen LogP contribution in [-0.2, 0) is 17.5 Å². The minimum absolute atomic E-state index is 0. The second kappa shape index (κ2) is 11.6. The fourth-order valence-electron chi connectivity index (χ4n) is 2.60. The lowest BCUT2D eigenvalue weighted by Crippen LogP contribution is -2.38. The summed E-state index contributed by atoms with van der Waals surface area (Å²) in [5.74, 6) is -1.19. The van der Waals surface area contributed by atoms with E-state index in [0.29, 0.717) is 21.6 Å². The van der Waals surface area contributed by atoms with Gasteiger partial charge in [0.05, 0.1) is 23.9 Å². The van der Waals surface area contributed by atoms with E-state index in [-0.39, 0.29) is 54.7 Å². The van der Waals surface area contributed by atoms with Gasteiger partial charge in [-0.3, -0.25) is 4.99 Å². The van der Waals surface area contributed by atoms with Gasteiger partial charge in [-0.25, -0.2) is 14.2 Å². The zero-order valence-corrected chi connectivity index (χ0v) is 20.4. The van der Waals surface area contributed by atoms with Gasteiger partial charge in [-0.1, -0.05) is 6.07 Å². The number of aliphatic imine (C=N–C) groups is 1. The van der Waals surface area contributed by atoms with Gasteiger partial charge in [0.2, 0.25) is 0 Å². The zero-order valence-electron chi connectivity index (χ0n) is 17.3. The number of hydrogen-bond donors (Lipinski definition) is 2. The lowest BCUT2D eigenvalue weighted by Gasteiger charge is -2.18. The monoisotopic (exact) mass is 574 g/mol. The average molecular weight is 574 g/mol. The average Bonchev–Trinajstić information content (AvgIpc) is 3.07. The summed E-state index contributed by atoms with van der Waals surface area (Å²) >= 11 is 1.17. The van der Waals surface area contributed by atoms with E-state index in [2.05, 4.69) is 20.6 Å². The van der Waals surface area contributed by atoms with Crippen LogP contribution in [0.1, 0.15) is 51.4 Å². The highest BCUT2D eigenvalue weighted by Crippen LogP contribution is 2.32. The molecule has 0 aliphatic rings. The van der Waals surface area contributed by atoms with E-state index in [4.69, 9.17) is 4.74 Å². The Balaban J connectivity index is 0.00000480. The van der Waals surface area contributed by atoms with E-state index in [1.165, 1.54) is 18.4 Å². The number of ether oxygens (including phenoxy) is 1. The highest BCUT2D eigenvalue weighted by Gasteiger charge is 2.33. The van der Waals surface area contributed by atoms with Gasteiger partial charge in [-0.05, 0) is 38.5 Å². The third-order valence-corrected chi connectivity index (χ3v) is 5.37. The number of rotatable bonds is 6. The predicted octanol–water partition coefficient (Wildman–Crippen LogP) is 4.83. The molecule has 2 aromatic rings. The van der Waals surface area contributed by atoms with Gasteiger partial charge in [0.15, 0.2) is 5.96 Å². The molecule has 1 unspecified atom stereocenters. The maximum Gasteiger partial charge on any atom is 0.416 e. The molecular formula is C19H23F4IN4O2S. The van der Waals surface area contributed by atoms with Crippen molar-refractivity contribution in [3.63, 3.8) is 0 Å². The Morgan fingerprint density at radius 3 is 2.61 bits per heavy atom. The summed E-state index contributed by atoms with van der Waals surface area (Å²) in [6.07, 6.45) is -4.68. The van der Waals surface area contributed by atoms with Crippen molar-refractivity contribution in [2.75, 3.05) is 13.7 Å². The number of halogens is 5. The van der Waals surface area contributed by atoms with Crippen LogP contribution in [0, 0.1) is 12.7 Å². The largest absolute Gasteiger partial charge is 0.462 e. The molecule has 1 aromatic carbocycles. The fraction of sp³-hybridized carbons (Fsp3) is 0.421. The van der Waals surface area contributed by atoms with Gasteiger partial charge in [-0.2, -0.15) is 13.2 Å². The van der Waals surface area contributed by atoms with Crippen molar-refractivity contribution in [1.29, 1.82) is 0 Å². The lowest BCUT2D eigenvalue weighted by molar-refractivity contribution is -0.138. The summed E-state index contributed by atoms with van der Waals surface area (Å²) in [5, 5.41) is 6.39. The number of benzene rings is 1. The molecule has 1 aromatic heterocycles. The molecule has 12 heteroatoms. The van der Waals surface area contributed by atoms with Gasteiger partial charge in [0.1, 0.15) is 15.7 Å². The number of alkyl halides is 3. The molecule has 1 atom stereocenters. The van der Waals surface area contributed by atoms with Crippen LogP contribution in [0.5, 0.6) is 0 Å². The Labute approximate surface area is 198 Å². The van der Waals surface area contributed by atoms with Crippen LogP contribution >= 0.6 is 35.3 Å². The molecule has 0 fully saturated rings. The van der Waals surface area contributed by atoms with Crippen molar-refractivity contribution in [2.24, 2.45) is 4.99 Å². The molecule has 0 saturated carbocycles. The van der Waals surface area contributed by atoms with E-state index in [1.807, 2.05) is 0 Å². The number of nitrogens with zero attached hydrogens (tertiary/aromatic N) is 2. The van der Waals surface area contributed by atoms with E-state index in [1.54, 1.807) is 20.8 Å². The predicted molar refractivity (Wildman–Crippen MR) is 121 cm³/mol. The van der Waals surface area contributed by atoms with Crippen LogP contribution in [0.4, 0.5) is 17.6 Å².